The molecule has 1 rings (SSSR count). The Hall–Kier alpha value is -1.95. The van der Waals surface area contributed by atoms with Crippen molar-refractivity contribution in [3.63, 3.8) is 0 Å². The van der Waals surface area contributed by atoms with Crippen molar-refractivity contribution in [3.05, 3.63) is 30.1 Å². The Bertz CT molecular complexity index is 420. The van der Waals surface area contributed by atoms with Crippen LogP contribution in [0.1, 0.15) is 13.3 Å². The maximum absolute atomic E-state index is 12.6. The summed E-state index contributed by atoms with van der Waals surface area (Å²) in [5.74, 6) is -1.90. The van der Waals surface area contributed by atoms with Crippen LogP contribution in [-0.4, -0.2) is 31.6 Å². The SMILES string of the molecule is CCOCCCNC(=O)C(=O)Nc1ccc(F)cc1. The van der Waals surface area contributed by atoms with Crippen molar-refractivity contribution < 1.29 is 18.7 Å². The van der Waals surface area contributed by atoms with Crippen molar-refractivity contribution in [1.82, 2.24) is 5.32 Å². The molecular formula is C13H17FN2O3. The fourth-order valence-corrected chi connectivity index (χ4v) is 1.32. The van der Waals surface area contributed by atoms with Crippen LogP contribution in [0.25, 0.3) is 0 Å². The van der Waals surface area contributed by atoms with Crippen molar-refractivity contribution in [2.75, 3.05) is 25.1 Å². The summed E-state index contributed by atoms with van der Waals surface area (Å²) in [7, 11) is 0. The normalized spacial score (nSPS) is 10.0. The minimum Gasteiger partial charge on any atom is -0.382 e. The molecular weight excluding hydrogens is 251 g/mol. The highest BCUT2D eigenvalue weighted by molar-refractivity contribution is 6.39. The molecule has 0 aromatic heterocycles. The molecule has 0 spiro atoms. The van der Waals surface area contributed by atoms with Crippen LogP contribution >= 0.6 is 0 Å². The predicted molar refractivity (Wildman–Crippen MR) is 69.1 cm³/mol. The Morgan fingerprint density at radius 1 is 1.21 bits per heavy atom. The van der Waals surface area contributed by atoms with Crippen LogP contribution in [0.15, 0.2) is 24.3 Å². The molecule has 0 bridgehead atoms. The van der Waals surface area contributed by atoms with Crippen LogP contribution in [0, 0.1) is 5.82 Å². The van der Waals surface area contributed by atoms with Crippen molar-refractivity contribution in [2.24, 2.45) is 0 Å². The van der Waals surface area contributed by atoms with Crippen LogP contribution in [0.2, 0.25) is 0 Å². The van der Waals surface area contributed by atoms with Gasteiger partial charge in [0.15, 0.2) is 0 Å². The summed E-state index contributed by atoms with van der Waals surface area (Å²) in [6.45, 7) is 3.42. The molecule has 0 aliphatic carbocycles. The molecule has 2 N–H and O–H groups in total. The largest absolute Gasteiger partial charge is 0.382 e. The molecule has 6 heteroatoms. The van der Waals surface area contributed by atoms with E-state index in [1.807, 2.05) is 6.92 Å². The highest BCUT2D eigenvalue weighted by Crippen LogP contribution is 2.07. The Balaban J connectivity index is 2.28. The minimum absolute atomic E-state index is 0.371. The summed E-state index contributed by atoms with van der Waals surface area (Å²) in [4.78, 5) is 22.9. The lowest BCUT2D eigenvalue weighted by molar-refractivity contribution is -0.136. The Morgan fingerprint density at radius 3 is 2.53 bits per heavy atom. The number of hydrogen-bond acceptors (Lipinski definition) is 3. The molecule has 0 aliphatic rings. The zero-order chi connectivity index (χ0) is 14.1. The monoisotopic (exact) mass is 268 g/mol. The average Bonchev–Trinajstić information content (AvgIpc) is 2.41. The molecule has 1 aromatic carbocycles. The standard InChI is InChI=1S/C13H17FN2O3/c1-2-19-9-3-8-15-12(17)13(18)16-11-6-4-10(14)5-7-11/h4-7H,2-3,8-9H2,1H3,(H,15,17)(H,16,18). The fraction of sp³-hybridized carbons (Fsp3) is 0.385. The van der Waals surface area contributed by atoms with Gasteiger partial charge in [-0.2, -0.15) is 0 Å². The first-order chi connectivity index (χ1) is 9.13. The average molecular weight is 268 g/mol. The third-order valence-electron chi connectivity index (χ3n) is 2.26. The van der Waals surface area contributed by atoms with Crippen molar-refractivity contribution in [2.45, 2.75) is 13.3 Å². The molecule has 0 unspecified atom stereocenters. The van der Waals surface area contributed by atoms with Gasteiger partial charge in [-0.05, 0) is 37.6 Å². The van der Waals surface area contributed by atoms with Crippen molar-refractivity contribution >= 4 is 17.5 Å². The maximum Gasteiger partial charge on any atom is 0.313 e. The predicted octanol–water partition coefficient (Wildman–Crippen LogP) is 1.31. The molecule has 0 atom stereocenters. The Morgan fingerprint density at radius 2 is 1.89 bits per heavy atom. The second-order valence-corrected chi connectivity index (χ2v) is 3.77. The maximum atomic E-state index is 12.6. The molecule has 0 saturated heterocycles. The number of carbonyl (C=O) groups excluding carboxylic acids is 2. The molecule has 0 fully saturated rings. The zero-order valence-electron chi connectivity index (χ0n) is 10.7. The molecule has 104 valence electrons. The third kappa shape index (κ3) is 5.96. The van der Waals surface area contributed by atoms with E-state index in [1.54, 1.807) is 0 Å². The Kier molecular flexibility index (Phi) is 6.52. The van der Waals surface area contributed by atoms with Gasteiger partial charge in [0.25, 0.3) is 0 Å². The van der Waals surface area contributed by atoms with Crippen molar-refractivity contribution in [1.29, 1.82) is 0 Å². The lowest BCUT2D eigenvalue weighted by atomic mass is 10.3. The van der Waals surface area contributed by atoms with Crippen LogP contribution in [0.5, 0.6) is 0 Å². The lowest BCUT2D eigenvalue weighted by Crippen LogP contribution is -2.36. The van der Waals surface area contributed by atoms with Gasteiger partial charge >= 0.3 is 11.8 Å². The van der Waals surface area contributed by atoms with E-state index in [2.05, 4.69) is 10.6 Å². The van der Waals surface area contributed by atoms with E-state index in [-0.39, 0.29) is 0 Å². The van der Waals surface area contributed by atoms with E-state index in [1.165, 1.54) is 24.3 Å². The number of halogens is 1. The summed E-state index contributed by atoms with van der Waals surface area (Å²) in [5.41, 5.74) is 0.371. The number of benzene rings is 1. The first-order valence-electron chi connectivity index (χ1n) is 6.06. The first-order valence-corrected chi connectivity index (χ1v) is 6.06. The van der Waals surface area contributed by atoms with Gasteiger partial charge in [0.1, 0.15) is 5.82 Å². The number of amides is 2. The van der Waals surface area contributed by atoms with Crippen LogP contribution in [0.4, 0.5) is 10.1 Å². The van der Waals surface area contributed by atoms with Gasteiger partial charge in [0.2, 0.25) is 0 Å². The summed E-state index contributed by atoms with van der Waals surface area (Å²) in [6, 6.07) is 5.18. The number of carbonyl (C=O) groups is 2. The molecule has 0 saturated carbocycles. The van der Waals surface area contributed by atoms with Crippen LogP contribution < -0.4 is 10.6 Å². The van der Waals surface area contributed by atoms with Crippen LogP contribution in [0.3, 0.4) is 0 Å². The zero-order valence-corrected chi connectivity index (χ0v) is 10.7. The molecule has 2 amide bonds. The topological polar surface area (TPSA) is 67.4 Å². The molecule has 1 aromatic rings. The third-order valence-corrected chi connectivity index (χ3v) is 2.26. The number of anilines is 1. The van der Waals surface area contributed by atoms with Gasteiger partial charge in [-0.25, -0.2) is 4.39 Å². The smallest absolute Gasteiger partial charge is 0.313 e. The number of rotatable bonds is 6. The lowest BCUT2D eigenvalue weighted by Gasteiger charge is -2.06. The minimum atomic E-state index is -0.775. The number of nitrogens with one attached hydrogen (secondary N) is 2. The second-order valence-electron chi connectivity index (χ2n) is 3.77. The summed E-state index contributed by atoms with van der Waals surface area (Å²) in [6.07, 6.45) is 0.642. The van der Waals surface area contributed by atoms with Gasteiger partial charge in [0.05, 0.1) is 0 Å². The highest BCUT2D eigenvalue weighted by atomic mass is 19.1. The second kappa shape index (κ2) is 8.20. The summed E-state index contributed by atoms with van der Waals surface area (Å²) < 4.78 is 17.7. The Labute approximate surface area is 111 Å². The van der Waals surface area contributed by atoms with E-state index in [0.717, 1.165) is 0 Å². The number of ether oxygens (including phenoxy) is 1. The van der Waals surface area contributed by atoms with E-state index >= 15 is 0 Å². The van der Waals surface area contributed by atoms with E-state index < -0.39 is 17.6 Å². The van der Waals surface area contributed by atoms with E-state index in [9.17, 15) is 14.0 Å². The van der Waals surface area contributed by atoms with E-state index in [0.29, 0.717) is 31.9 Å². The van der Waals surface area contributed by atoms with Crippen molar-refractivity contribution in [3.8, 4) is 0 Å². The van der Waals surface area contributed by atoms with E-state index in [4.69, 9.17) is 4.74 Å². The summed E-state index contributed by atoms with van der Waals surface area (Å²) in [5, 5.41) is 4.84. The van der Waals surface area contributed by atoms with Gasteiger partial charge in [0, 0.05) is 25.4 Å². The molecule has 0 radical (unpaired) electrons. The molecule has 0 heterocycles. The molecule has 5 nitrogen and oxygen atoms in total. The van der Waals surface area contributed by atoms with Gasteiger partial charge < -0.3 is 15.4 Å². The first kappa shape index (κ1) is 15.1. The van der Waals surface area contributed by atoms with Crippen LogP contribution in [-0.2, 0) is 14.3 Å². The van der Waals surface area contributed by atoms with Gasteiger partial charge in [-0.1, -0.05) is 0 Å². The van der Waals surface area contributed by atoms with Gasteiger partial charge in [-0.15, -0.1) is 0 Å². The highest BCUT2D eigenvalue weighted by Gasteiger charge is 2.12. The quantitative estimate of drug-likeness (QED) is 0.604. The molecule has 0 aliphatic heterocycles. The fourth-order valence-electron chi connectivity index (χ4n) is 1.32. The number of hydrogen-bond donors (Lipinski definition) is 2. The van der Waals surface area contributed by atoms with Gasteiger partial charge in [-0.3, -0.25) is 9.59 Å². The molecule has 19 heavy (non-hydrogen) atoms. The summed E-state index contributed by atoms with van der Waals surface area (Å²) >= 11 is 0.